The van der Waals surface area contributed by atoms with Crippen molar-refractivity contribution in [2.24, 2.45) is 17.3 Å². The van der Waals surface area contributed by atoms with E-state index in [1.807, 2.05) is 0 Å². The van der Waals surface area contributed by atoms with Crippen LogP contribution < -0.4 is 0 Å². The van der Waals surface area contributed by atoms with E-state index in [2.05, 4.69) is 27.7 Å². The average molecular weight is 168 g/mol. The third kappa shape index (κ3) is 1.84. The lowest BCUT2D eigenvalue weighted by Gasteiger charge is -2.51. The minimum atomic E-state index is 0.703. The Morgan fingerprint density at radius 2 is 1.92 bits per heavy atom. The molecule has 72 valence electrons. The van der Waals surface area contributed by atoms with E-state index in [1.54, 1.807) is 0 Å². The molecule has 0 aromatic heterocycles. The minimum Gasteiger partial charge on any atom is -0.0654 e. The fourth-order valence-electron chi connectivity index (χ4n) is 2.73. The van der Waals surface area contributed by atoms with Crippen LogP contribution in [0.4, 0.5) is 0 Å². The summed E-state index contributed by atoms with van der Waals surface area (Å²) in [7, 11) is 0. The first-order chi connectivity index (χ1) is 5.60. The third-order valence-electron chi connectivity index (χ3n) is 4.09. The molecule has 0 aromatic rings. The van der Waals surface area contributed by atoms with Gasteiger partial charge in [-0.1, -0.05) is 47.0 Å². The van der Waals surface area contributed by atoms with Gasteiger partial charge in [0.25, 0.3) is 0 Å². The van der Waals surface area contributed by atoms with Crippen LogP contribution in [0, 0.1) is 17.3 Å². The van der Waals surface area contributed by atoms with Crippen molar-refractivity contribution < 1.29 is 0 Å². The highest BCUT2D eigenvalue weighted by Crippen LogP contribution is 2.53. The van der Waals surface area contributed by atoms with Gasteiger partial charge in [-0.25, -0.2) is 0 Å². The highest BCUT2D eigenvalue weighted by Gasteiger charge is 2.44. The number of rotatable bonds is 4. The molecule has 0 aromatic carbocycles. The molecule has 1 saturated carbocycles. The van der Waals surface area contributed by atoms with Gasteiger partial charge in [0.15, 0.2) is 0 Å². The molecule has 3 atom stereocenters. The average Bonchev–Trinajstić information content (AvgIpc) is 2.05. The molecule has 3 unspecified atom stereocenters. The van der Waals surface area contributed by atoms with Crippen LogP contribution >= 0.6 is 0 Å². The zero-order valence-corrected chi connectivity index (χ0v) is 9.19. The van der Waals surface area contributed by atoms with Crippen LogP contribution in [-0.2, 0) is 0 Å². The first-order valence-corrected chi connectivity index (χ1v) is 5.60. The van der Waals surface area contributed by atoms with Crippen LogP contribution in [-0.4, -0.2) is 0 Å². The Kier molecular flexibility index (Phi) is 3.20. The van der Waals surface area contributed by atoms with Crippen molar-refractivity contribution in [3.63, 3.8) is 0 Å². The maximum Gasteiger partial charge on any atom is -0.0295 e. The monoisotopic (exact) mass is 168 g/mol. The number of hydrogen-bond acceptors (Lipinski definition) is 0. The van der Waals surface area contributed by atoms with E-state index in [0.29, 0.717) is 5.41 Å². The van der Waals surface area contributed by atoms with Crippen LogP contribution in [0.3, 0.4) is 0 Å². The van der Waals surface area contributed by atoms with Gasteiger partial charge >= 0.3 is 0 Å². The third-order valence-corrected chi connectivity index (χ3v) is 4.09. The zero-order chi connectivity index (χ0) is 9.19. The Morgan fingerprint density at radius 1 is 1.25 bits per heavy atom. The molecule has 0 bridgehead atoms. The Bertz CT molecular complexity index is 139. The van der Waals surface area contributed by atoms with Gasteiger partial charge in [0.05, 0.1) is 0 Å². The molecule has 0 aliphatic heterocycles. The van der Waals surface area contributed by atoms with E-state index >= 15 is 0 Å². The molecule has 0 heterocycles. The lowest BCUT2D eigenvalue weighted by atomic mass is 9.54. The summed E-state index contributed by atoms with van der Waals surface area (Å²) in [6.45, 7) is 9.59. The zero-order valence-electron chi connectivity index (χ0n) is 9.19. The highest BCUT2D eigenvalue weighted by atomic mass is 14.5. The Labute approximate surface area is 77.7 Å². The Balaban J connectivity index is 2.22. The van der Waals surface area contributed by atoms with E-state index in [9.17, 15) is 0 Å². The van der Waals surface area contributed by atoms with E-state index < -0.39 is 0 Å². The van der Waals surface area contributed by atoms with Gasteiger partial charge in [0, 0.05) is 0 Å². The standard InChI is InChI=1S/C12H24/c1-5-6-7-8-12(4)9-10(2)11(12)3/h10-11H,5-9H2,1-4H3. The summed E-state index contributed by atoms with van der Waals surface area (Å²) < 4.78 is 0. The van der Waals surface area contributed by atoms with Gasteiger partial charge in [-0.2, -0.15) is 0 Å². The van der Waals surface area contributed by atoms with Crippen LogP contribution in [0.25, 0.3) is 0 Å². The molecule has 12 heavy (non-hydrogen) atoms. The smallest absolute Gasteiger partial charge is 0.0295 e. The van der Waals surface area contributed by atoms with Gasteiger partial charge in [0.1, 0.15) is 0 Å². The molecule has 0 N–H and O–H groups in total. The van der Waals surface area contributed by atoms with Crippen molar-refractivity contribution in [2.75, 3.05) is 0 Å². The van der Waals surface area contributed by atoms with Crippen LogP contribution in [0.2, 0.25) is 0 Å². The summed E-state index contributed by atoms with van der Waals surface area (Å²) in [5.74, 6) is 1.95. The second kappa shape index (κ2) is 3.81. The molecule has 0 spiro atoms. The maximum atomic E-state index is 2.48. The Morgan fingerprint density at radius 3 is 2.33 bits per heavy atom. The second-order valence-electron chi connectivity index (χ2n) is 5.08. The van der Waals surface area contributed by atoms with Gasteiger partial charge in [-0.05, 0) is 30.1 Å². The molecule has 0 amide bonds. The van der Waals surface area contributed by atoms with E-state index in [0.717, 1.165) is 11.8 Å². The first-order valence-electron chi connectivity index (χ1n) is 5.60. The topological polar surface area (TPSA) is 0 Å². The van der Waals surface area contributed by atoms with Crippen molar-refractivity contribution in [3.8, 4) is 0 Å². The predicted molar refractivity (Wildman–Crippen MR) is 55.2 cm³/mol. The molecule has 0 saturated heterocycles. The largest absolute Gasteiger partial charge is 0.0654 e. The summed E-state index contributed by atoms with van der Waals surface area (Å²) in [5, 5.41) is 0. The summed E-state index contributed by atoms with van der Waals surface area (Å²) in [6.07, 6.45) is 7.17. The van der Waals surface area contributed by atoms with Crippen LogP contribution in [0.5, 0.6) is 0 Å². The minimum absolute atomic E-state index is 0.703. The summed E-state index contributed by atoms with van der Waals surface area (Å²) >= 11 is 0. The molecule has 1 rings (SSSR count). The van der Waals surface area contributed by atoms with Crippen molar-refractivity contribution in [3.05, 3.63) is 0 Å². The highest BCUT2D eigenvalue weighted by molar-refractivity contribution is 4.93. The van der Waals surface area contributed by atoms with Crippen molar-refractivity contribution in [1.82, 2.24) is 0 Å². The fraction of sp³-hybridized carbons (Fsp3) is 1.00. The lowest BCUT2D eigenvalue weighted by Crippen LogP contribution is -2.42. The van der Waals surface area contributed by atoms with Gasteiger partial charge in [-0.3, -0.25) is 0 Å². The van der Waals surface area contributed by atoms with E-state index in [-0.39, 0.29) is 0 Å². The summed E-state index contributed by atoms with van der Waals surface area (Å²) in [5.41, 5.74) is 0.703. The normalized spacial score (nSPS) is 41.0. The van der Waals surface area contributed by atoms with E-state index in [1.165, 1.54) is 32.1 Å². The molecule has 0 nitrogen and oxygen atoms in total. The van der Waals surface area contributed by atoms with Gasteiger partial charge < -0.3 is 0 Å². The van der Waals surface area contributed by atoms with Crippen LogP contribution in [0.15, 0.2) is 0 Å². The number of hydrogen-bond donors (Lipinski definition) is 0. The van der Waals surface area contributed by atoms with Crippen molar-refractivity contribution >= 4 is 0 Å². The van der Waals surface area contributed by atoms with Crippen molar-refractivity contribution in [1.29, 1.82) is 0 Å². The van der Waals surface area contributed by atoms with Gasteiger partial charge in [-0.15, -0.1) is 0 Å². The lowest BCUT2D eigenvalue weighted by molar-refractivity contribution is -0.0131. The van der Waals surface area contributed by atoms with Crippen LogP contribution in [0.1, 0.15) is 59.8 Å². The molecule has 1 fully saturated rings. The Hall–Kier alpha value is 0. The van der Waals surface area contributed by atoms with E-state index in [4.69, 9.17) is 0 Å². The summed E-state index contributed by atoms with van der Waals surface area (Å²) in [6, 6.07) is 0. The maximum absolute atomic E-state index is 2.48. The molecule has 0 heteroatoms. The second-order valence-corrected chi connectivity index (χ2v) is 5.08. The summed E-state index contributed by atoms with van der Waals surface area (Å²) in [4.78, 5) is 0. The fourth-order valence-corrected chi connectivity index (χ4v) is 2.73. The molecule has 1 aliphatic rings. The SMILES string of the molecule is CCCCCC1(C)CC(C)C1C. The number of unbranched alkanes of at least 4 members (excludes halogenated alkanes) is 2. The predicted octanol–water partition coefficient (Wildman–Crippen LogP) is 4.25. The quantitative estimate of drug-likeness (QED) is 0.550. The van der Waals surface area contributed by atoms with Crippen molar-refractivity contribution in [2.45, 2.75) is 59.8 Å². The van der Waals surface area contributed by atoms with Gasteiger partial charge in [0.2, 0.25) is 0 Å². The molecular weight excluding hydrogens is 144 g/mol. The molecular formula is C12H24. The molecule has 0 radical (unpaired) electrons. The first kappa shape index (κ1) is 10.1. The molecule has 1 aliphatic carbocycles.